The predicted octanol–water partition coefficient (Wildman–Crippen LogP) is 4.83. The number of fused-ring (bicyclic) bond motifs is 2. The maximum absolute atomic E-state index is 11.8. The van der Waals surface area contributed by atoms with Gasteiger partial charge in [0, 0.05) is 46.7 Å². The van der Waals surface area contributed by atoms with E-state index < -0.39 is 0 Å². The van der Waals surface area contributed by atoms with Crippen molar-refractivity contribution < 1.29 is 9.53 Å². The van der Waals surface area contributed by atoms with Crippen LogP contribution in [-0.2, 0) is 0 Å². The lowest BCUT2D eigenvalue weighted by Gasteiger charge is -2.11. The average Bonchev–Trinajstić information content (AvgIpc) is 3.66. The van der Waals surface area contributed by atoms with Gasteiger partial charge in [-0.3, -0.25) is 14.9 Å². The van der Waals surface area contributed by atoms with Crippen molar-refractivity contribution in [2.45, 2.75) is 6.92 Å². The van der Waals surface area contributed by atoms with Gasteiger partial charge >= 0.3 is 0 Å². The summed E-state index contributed by atoms with van der Waals surface area (Å²) in [4.78, 5) is 37.0. The molecule has 0 radical (unpaired) electrons. The van der Waals surface area contributed by atoms with Crippen molar-refractivity contribution in [2.24, 2.45) is 0 Å². The monoisotopic (exact) mass is 524 g/mol. The van der Waals surface area contributed by atoms with Crippen LogP contribution in [0.4, 0.5) is 0 Å². The van der Waals surface area contributed by atoms with E-state index in [-0.39, 0.29) is 5.78 Å². The molecule has 0 fully saturated rings. The summed E-state index contributed by atoms with van der Waals surface area (Å²) < 4.78 is 5.86. The van der Waals surface area contributed by atoms with Crippen molar-refractivity contribution in [1.29, 1.82) is 0 Å². The molecule has 6 aromatic rings. The number of carbonyl (C=O) groups is 1. The normalized spacial score (nSPS) is 11.6. The van der Waals surface area contributed by atoms with E-state index in [1.54, 1.807) is 31.7 Å². The summed E-state index contributed by atoms with van der Waals surface area (Å²) >= 11 is 1.45. The van der Waals surface area contributed by atoms with E-state index in [9.17, 15) is 4.79 Å². The number of imidazole rings is 1. The second kappa shape index (κ2) is 9.77. The molecule has 2 N–H and O–H groups in total. The second-order valence-electron chi connectivity index (χ2n) is 9.12. The number of nitrogens with zero attached hydrogens (tertiary/aromatic N) is 6. The second-order valence-corrected chi connectivity index (χ2v) is 10.2. The van der Waals surface area contributed by atoms with Gasteiger partial charge in [0.05, 0.1) is 22.0 Å². The van der Waals surface area contributed by atoms with E-state index in [1.165, 1.54) is 11.3 Å². The first kappa shape index (κ1) is 23.9. The number of aromatic nitrogens is 7. The number of ketones is 1. The van der Waals surface area contributed by atoms with E-state index in [1.807, 2.05) is 44.4 Å². The van der Waals surface area contributed by atoms with Crippen LogP contribution in [0.5, 0.6) is 5.75 Å². The van der Waals surface area contributed by atoms with Gasteiger partial charge in [0.25, 0.3) is 0 Å². The standard InChI is InChI=1S/C27H24N8O2S/c1-15(36)21-4-5-22(38-21)19-6-7-29-26-23(19)31-27(32-26)24-20-11-17(13-30-25(20)34-33-24)16-10-18(14-28-12-16)37-9-8-35(2)3/h4-7,10-14H,8-9H2,1-3H3,(H,29,31,32)(H,30,33,34). The molecule has 0 unspecified atom stereocenters. The van der Waals surface area contributed by atoms with Gasteiger partial charge in [-0.05, 0) is 51.4 Å². The number of pyridine rings is 3. The highest BCUT2D eigenvalue weighted by molar-refractivity contribution is 7.17. The summed E-state index contributed by atoms with van der Waals surface area (Å²) in [5.74, 6) is 1.35. The number of carbonyl (C=O) groups excluding carboxylic acids is 1. The molecule has 0 aliphatic carbocycles. The van der Waals surface area contributed by atoms with E-state index in [2.05, 4.69) is 35.0 Å². The van der Waals surface area contributed by atoms with Crippen molar-refractivity contribution in [2.75, 3.05) is 27.2 Å². The minimum atomic E-state index is 0.0462. The minimum Gasteiger partial charge on any atom is -0.491 e. The van der Waals surface area contributed by atoms with Crippen LogP contribution in [0.3, 0.4) is 0 Å². The number of Topliss-reactive ketones (excluding diaryl/α,β-unsaturated/α-hetero) is 1. The number of likely N-dealkylation sites (N-methyl/N-ethyl adjacent to an activating group) is 1. The summed E-state index contributed by atoms with van der Waals surface area (Å²) in [5.41, 5.74) is 5.36. The van der Waals surface area contributed by atoms with Crippen molar-refractivity contribution in [3.63, 3.8) is 0 Å². The number of hydrogen-bond donors (Lipinski definition) is 2. The highest BCUT2D eigenvalue weighted by atomic mass is 32.1. The molecule has 0 aliphatic heterocycles. The molecule has 6 rings (SSSR count). The maximum atomic E-state index is 11.8. The van der Waals surface area contributed by atoms with E-state index in [0.717, 1.165) is 39.0 Å². The van der Waals surface area contributed by atoms with Crippen LogP contribution in [0.1, 0.15) is 16.6 Å². The molecule has 11 heteroatoms. The van der Waals surface area contributed by atoms with Gasteiger partial charge in [0.15, 0.2) is 22.9 Å². The molecule has 0 spiro atoms. The van der Waals surface area contributed by atoms with Crippen LogP contribution >= 0.6 is 11.3 Å². The van der Waals surface area contributed by atoms with Crippen molar-refractivity contribution in [3.05, 3.63) is 60.0 Å². The molecule has 190 valence electrons. The third kappa shape index (κ3) is 4.53. The number of aromatic amines is 2. The molecule has 0 aliphatic rings. The number of rotatable bonds is 8. The number of thiophene rings is 1. The third-order valence-electron chi connectivity index (χ3n) is 6.11. The fourth-order valence-corrected chi connectivity index (χ4v) is 5.08. The molecular formula is C27H24N8O2S. The molecule has 0 aromatic carbocycles. The Kier molecular flexibility index (Phi) is 6.14. The molecule has 10 nitrogen and oxygen atoms in total. The summed E-state index contributed by atoms with van der Waals surface area (Å²) in [7, 11) is 4.01. The lowest BCUT2D eigenvalue weighted by molar-refractivity contribution is 0.102. The lowest BCUT2D eigenvalue weighted by atomic mass is 10.1. The van der Waals surface area contributed by atoms with Crippen LogP contribution in [0.2, 0.25) is 0 Å². The Labute approximate surface area is 221 Å². The van der Waals surface area contributed by atoms with Gasteiger partial charge in [-0.1, -0.05) is 0 Å². The smallest absolute Gasteiger partial charge is 0.181 e. The Morgan fingerprint density at radius 3 is 2.74 bits per heavy atom. The Hall–Kier alpha value is -4.48. The summed E-state index contributed by atoms with van der Waals surface area (Å²) in [6, 6.07) is 9.69. The lowest BCUT2D eigenvalue weighted by Crippen LogP contribution is -2.19. The summed E-state index contributed by atoms with van der Waals surface area (Å²) in [6.45, 7) is 2.96. The van der Waals surface area contributed by atoms with Crippen molar-refractivity contribution in [3.8, 4) is 38.8 Å². The fourth-order valence-electron chi connectivity index (χ4n) is 4.15. The van der Waals surface area contributed by atoms with Gasteiger partial charge in [-0.15, -0.1) is 11.3 Å². The SMILES string of the molecule is CC(=O)c1ccc(-c2ccnc3nc(-c4[nH]nc5ncc(-c6cncc(OCCN(C)C)c6)cc45)[nH]c23)s1. The van der Waals surface area contributed by atoms with Gasteiger partial charge in [-0.25, -0.2) is 15.0 Å². The van der Waals surface area contributed by atoms with Gasteiger partial charge in [0.2, 0.25) is 0 Å². The number of ether oxygens (including phenoxy) is 1. The number of nitrogens with one attached hydrogen (secondary N) is 2. The van der Waals surface area contributed by atoms with E-state index in [4.69, 9.17) is 9.72 Å². The van der Waals surface area contributed by atoms with Crippen LogP contribution in [0.15, 0.2) is 55.1 Å². The molecule has 38 heavy (non-hydrogen) atoms. The first-order valence-electron chi connectivity index (χ1n) is 12.0. The van der Waals surface area contributed by atoms with Gasteiger partial charge in [0.1, 0.15) is 18.1 Å². The van der Waals surface area contributed by atoms with Crippen LogP contribution in [0.25, 0.3) is 55.3 Å². The van der Waals surface area contributed by atoms with Crippen LogP contribution in [0, 0.1) is 0 Å². The zero-order valence-corrected chi connectivity index (χ0v) is 21.8. The van der Waals surface area contributed by atoms with Gasteiger partial charge < -0.3 is 14.6 Å². The highest BCUT2D eigenvalue weighted by Gasteiger charge is 2.18. The molecule has 6 heterocycles. The Bertz CT molecular complexity index is 1780. The fraction of sp³-hybridized carbons (Fsp3) is 0.185. The largest absolute Gasteiger partial charge is 0.491 e. The zero-order chi connectivity index (χ0) is 26.2. The van der Waals surface area contributed by atoms with E-state index in [0.29, 0.717) is 40.0 Å². The third-order valence-corrected chi connectivity index (χ3v) is 7.33. The quantitative estimate of drug-likeness (QED) is 0.271. The molecule has 0 saturated carbocycles. The Balaban J connectivity index is 1.37. The van der Waals surface area contributed by atoms with Crippen molar-refractivity contribution >= 4 is 39.3 Å². The first-order valence-corrected chi connectivity index (χ1v) is 12.8. The molecular weight excluding hydrogens is 500 g/mol. The summed E-state index contributed by atoms with van der Waals surface area (Å²) in [5, 5.41) is 8.27. The Morgan fingerprint density at radius 2 is 1.92 bits per heavy atom. The molecule has 0 amide bonds. The topological polar surface area (TPSA) is 126 Å². The zero-order valence-electron chi connectivity index (χ0n) is 21.0. The first-order chi connectivity index (χ1) is 18.5. The summed E-state index contributed by atoms with van der Waals surface area (Å²) in [6.07, 6.45) is 6.99. The molecule has 0 saturated heterocycles. The molecule has 0 bridgehead atoms. The Morgan fingerprint density at radius 1 is 1.05 bits per heavy atom. The van der Waals surface area contributed by atoms with E-state index >= 15 is 0 Å². The number of H-pyrrole nitrogens is 2. The maximum Gasteiger partial charge on any atom is 0.181 e. The van der Waals surface area contributed by atoms with Crippen LogP contribution < -0.4 is 4.74 Å². The predicted molar refractivity (Wildman–Crippen MR) is 147 cm³/mol. The van der Waals surface area contributed by atoms with Crippen molar-refractivity contribution in [1.82, 2.24) is 40.0 Å². The van der Waals surface area contributed by atoms with Crippen LogP contribution in [-0.4, -0.2) is 73.0 Å². The average molecular weight is 525 g/mol. The molecule has 0 atom stereocenters. The highest BCUT2D eigenvalue weighted by Crippen LogP contribution is 2.35. The minimum absolute atomic E-state index is 0.0462. The number of hydrogen-bond acceptors (Lipinski definition) is 9. The van der Waals surface area contributed by atoms with Gasteiger partial charge in [-0.2, -0.15) is 5.10 Å². The molecule has 6 aromatic heterocycles.